The molecule has 1 heterocycles. The lowest BCUT2D eigenvalue weighted by Crippen LogP contribution is -2.15. The highest BCUT2D eigenvalue weighted by atomic mass is 19.4. The smallest absolute Gasteiger partial charge is 0.416 e. The normalized spacial score (nSPS) is 11.4. The summed E-state index contributed by atoms with van der Waals surface area (Å²) in [4.78, 5) is 12.2. The molecule has 0 atom stereocenters. The van der Waals surface area contributed by atoms with E-state index in [9.17, 15) is 18.0 Å². The Morgan fingerprint density at radius 3 is 2.58 bits per heavy atom. The van der Waals surface area contributed by atoms with Crippen molar-refractivity contribution in [2.75, 3.05) is 17.2 Å². The van der Waals surface area contributed by atoms with Crippen LogP contribution in [0.5, 0.6) is 0 Å². The van der Waals surface area contributed by atoms with Crippen LogP contribution in [-0.4, -0.2) is 12.5 Å². The number of benzene rings is 1. The second kappa shape index (κ2) is 7.39. The standard InChI is InChI=1S/C16H18F3N3O2/c1-2-5-21-13-4-3-11(16(17,18)19)7-14(13)22-15(23)10-6-12(8-20)24-9-10/h3-4,6-7,9,21H,2,5,8,20H2,1H3,(H,22,23). The molecule has 0 fully saturated rings. The van der Waals surface area contributed by atoms with Gasteiger partial charge in [0.05, 0.1) is 29.0 Å². The monoisotopic (exact) mass is 341 g/mol. The third-order valence-corrected chi connectivity index (χ3v) is 3.28. The number of rotatable bonds is 6. The summed E-state index contributed by atoms with van der Waals surface area (Å²) in [5.41, 5.74) is 5.22. The molecular weight excluding hydrogens is 323 g/mol. The van der Waals surface area contributed by atoms with E-state index in [2.05, 4.69) is 10.6 Å². The van der Waals surface area contributed by atoms with Crippen molar-refractivity contribution in [1.82, 2.24) is 0 Å². The van der Waals surface area contributed by atoms with Gasteiger partial charge in [0.15, 0.2) is 0 Å². The van der Waals surface area contributed by atoms with Gasteiger partial charge in [-0.15, -0.1) is 0 Å². The maximum Gasteiger partial charge on any atom is 0.416 e. The molecule has 24 heavy (non-hydrogen) atoms. The molecule has 0 saturated heterocycles. The van der Waals surface area contributed by atoms with Crippen molar-refractivity contribution in [3.8, 4) is 0 Å². The first-order valence-corrected chi connectivity index (χ1v) is 7.39. The van der Waals surface area contributed by atoms with Crippen LogP contribution in [-0.2, 0) is 12.7 Å². The summed E-state index contributed by atoms with van der Waals surface area (Å²) in [6.07, 6.45) is -2.49. The van der Waals surface area contributed by atoms with Gasteiger partial charge in [-0.2, -0.15) is 13.2 Å². The summed E-state index contributed by atoms with van der Waals surface area (Å²) in [5.74, 6) is -0.161. The lowest BCUT2D eigenvalue weighted by molar-refractivity contribution is -0.137. The number of nitrogens with one attached hydrogen (secondary N) is 2. The van der Waals surface area contributed by atoms with Crippen LogP contribution >= 0.6 is 0 Å². The summed E-state index contributed by atoms with van der Waals surface area (Å²) in [5, 5.41) is 5.47. The molecule has 8 heteroatoms. The Labute approximate surface area is 137 Å². The fraction of sp³-hybridized carbons (Fsp3) is 0.312. The van der Waals surface area contributed by atoms with Gasteiger partial charge in [-0.05, 0) is 30.7 Å². The Balaban J connectivity index is 2.29. The quantitative estimate of drug-likeness (QED) is 0.746. The van der Waals surface area contributed by atoms with Gasteiger partial charge in [-0.3, -0.25) is 4.79 Å². The molecule has 0 unspecified atom stereocenters. The van der Waals surface area contributed by atoms with Crippen molar-refractivity contribution in [1.29, 1.82) is 0 Å². The van der Waals surface area contributed by atoms with E-state index in [1.807, 2.05) is 6.92 Å². The van der Waals surface area contributed by atoms with Gasteiger partial charge in [0.25, 0.3) is 5.91 Å². The summed E-state index contributed by atoms with van der Waals surface area (Å²) in [7, 11) is 0. The van der Waals surface area contributed by atoms with Crippen molar-refractivity contribution in [3.05, 3.63) is 47.4 Å². The summed E-state index contributed by atoms with van der Waals surface area (Å²) in [6, 6.07) is 4.62. The molecule has 1 aromatic heterocycles. The number of carbonyl (C=O) groups excluding carboxylic acids is 1. The zero-order chi connectivity index (χ0) is 17.7. The molecule has 0 aliphatic rings. The van der Waals surface area contributed by atoms with Crippen molar-refractivity contribution >= 4 is 17.3 Å². The molecular formula is C16H18F3N3O2. The van der Waals surface area contributed by atoms with Gasteiger partial charge in [0, 0.05) is 6.54 Å². The van der Waals surface area contributed by atoms with Crippen LogP contribution < -0.4 is 16.4 Å². The highest BCUT2D eigenvalue weighted by Gasteiger charge is 2.31. The molecule has 130 valence electrons. The van der Waals surface area contributed by atoms with Crippen LogP contribution in [0.25, 0.3) is 0 Å². The first kappa shape index (κ1) is 17.9. The maximum absolute atomic E-state index is 12.9. The Morgan fingerprint density at radius 1 is 1.25 bits per heavy atom. The van der Waals surface area contributed by atoms with Crippen LogP contribution in [0.15, 0.2) is 34.9 Å². The molecule has 2 rings (SSSR count). The van der Waals surface area contributed by atoms with E-state index < -0.39 is 17.6 Å². The number of amides is 1. The van der Waals surface area contributed by atoms with Crippen molar-refractivity contribution in [2.45, 2.75) is 26.1 Å². The van der Waals surface area contributed by atoms with Crippen LogP contribution in [0, 0.1) is 0 Å². The fourth-order valence-corrected chi connectivity index (χ4v) is 2.04. The largest absolute Gasteiger partial charge is 0.467 e. The predicted molar refractivity (Wildman–Crippen MR) is 84.8 cm³/mol. The average molecular weight is 341 g/mol. The predicted octanol–water partition coefficient (Wildman–Crippen LogP) is 3.83. The molecule has 5 nitrogen and oxygen atoms in total. The molecule has 0 spiro atoms. The van der Waals surface area contributed by atoms with E-state index in [0.717, 1.165) is 18.6 Å². The first-order chi connectivity index (χ1) is 11.3. The van der Waals surface area contributed by atoms with Gasteiger partial charge >= 0.3 is 6.18 Å². The van der Waals surface area contributed by atoms with Crippen molar-refractivity contribution < 1.29 is 22.4 Å². The topological polar surface area (TPSA) is 80.3 Å². The number of halogens is 3. The Bertz CT molecular complexity index is 711. The first-order valence-electron chi connectivity index (χ1n) is 7.39. The molecule has 2 aromatic rings. The van der Waals surface area contributed by atoms with Gasteiger partial charge in [0.2, 0.25) is 0 Å². The summed E-state index contributed by atoms with van der Waals surface area (Å²) in [6.45, 7) is 2.62. The van der Waals surface area contributed by atoms with E-state index in [1.165, 1.54) is 18.4 Å². The van der Waals surface area contributed by atoms with Crippen molar-refractivity contribution in [2.24, 2.45) is 5.73 Å². The Kier molecular flexibility index (Phi) is 5.50. The van der Waals surface area contributed by atoms with E-state index in [1.54, 1.807) is 0 Å². The molecule has 0 aliphatic heterocycles. The lowest BCUT2D eigenvalue weighted by Gasteiger charge is -2.15. The summed E-state index contributed by atoms with van der Waals surface area (Å²) >= 11 is 0. The van der Waals surface area contributed by atoms with Gasteiger partial charge in [-0.1, -0.05) is 6.92 Å². The Morgan fingerprint density at radius 2 is 2.00 bits per heavy atom. The number of alkyl halides is 3. The average Bonchev–Trinajstić information content (AvgIpc) is 3.02. The number of hydrogen-bond donors (Lipinski definition) is 3. The van der Waals surface area contributed by atoms with Crippen LogP contribution in [0.3, 0.4) is 0 Å². The minimum Gasteiger partial charge on any atom is -0.467 e. The minimum absolute atomic E-state index is 0.0544. The van der Waals surface area contributed by atoms with Crippen LogP contribution in [0.1, 0.15) is 35.0 Å². The van der Waals surface area contributed by atoms with E-state index in [-0.39, 0.29) is 17.8 Å². The number of hydrogen-bond acceptors (Lipinski definition) is 4. The summed E-state index contributed by atoms with van der Waals surface area (Å²) < 4.78 is 43.8. The molecule has 0 bridgehead atoms. The van der Waals surface area contributed by atoms with Crippen LogP contribution in [0.2, 0.25) is 0 Å². The molecule has 0 saturated carbocycles. The Hall–Kier alpha value is -2.48. The highest BCUT2D eigenvalue weighted by molar-refractivity contribution is 6.05. The number of nitrogens with two attached hydrogens (primary N) is 1. The van der Waals surface area contributed by atoms with Gasteiger partial charge in [0.1, 0.15) is 12.0 Å². The van der Waals surface area contributed by atoms with E-state index in [4.69, 9.17) is 10.2 Å². The molecule has 0 radical (unpaired) electrons. The zero-order valence-electron chi connectivity index (χ0n) is 13.0. The third kappa shape index (κ3) is 4.29. The number of carbonyl (C=O) groups is 1. The lowest BCUT2D eigenvalue weighted by atomic mass is 10.1. The number of furan rings is 1. The molecule has 1 aromatic carbocycles. The third-order valence-electron chi connectivity index (χ3n) is 3.28. The second-order valence-corrected chi connectivity index (χ2v) is 5.14. The SMILES string of the molecule is CCCNc1ccc(C(F)(F)F)cc1NC(=O)c1coc(CN)c1. The van der Waals surface area contributed by atoms with E-state index in [0.29, 0.717) is 18.0 Å². The zero-order valence-corrected chi connectivity index (χ0v) is 13.0. The van der Waals surface area contributed by atoms with E-state index >= 15 is 0 Å². The fourth-order valence-electron chi connectivity index (χ4n) is 2.04. The van der Waals surface area contributed by atoms with Crippen molar-refractivity contribution in [3.63, 3.8) is 0 Å². The highest BCUT2D eigenvalue weighted by Crippen LogP contribution is 2.34. The molecule has 4 N–H and O–H groups in total. The molecule has 1 amide bonds. The molecule has 0 aliphatic carbocycles. The van der Waals surface area contributed by atoms with Gasteiger partial charge in [-0.25, -0.2) is 0 Å². The minimum atomic E-state index is -4.49. The van der Waals surface area contributed by atoms with Crippen LogP contribution in [0.4, 0.5) is 24.5 Å². The maximum atomic E-state index is 12.9. The van der Waals surface area contributed by atoms with Gasteiger partial charge < -0.3 is 20.8 Å². The number of anilines is 2. The second-order valence-electron chi connectivity index (χ2n) is 5.14.